The standard InChI is InChI=1S/C20H18N2O/c23-20-19(21-17-13-7-8-14-22(17)20)18(15-9-3-1-4-10-15)16-11-5-2-6-12-16/h1-6,9-12H,7-8,13-14H2. The van der Waals surface area contributed by atoms with Gasteiger partial charge in [0.05, 0.1) is 0 Å². The number of carbonyl (C=O) groups is 1. The molecule has 0 aliphatic carbocycles. The summed E-state index contributed by atoms with van der Waals surface area (Å²) in [6.45, 7) is 0.790. The van der Waals surface area contributed by atoms with E-state index in [0.717, 1.165) is 48.3 Å². The van der Waals surface area contributed by atoms with Crippen molar-refractivity contribution in [3.8, 4) is 0 Å². The highest BCUT2D eigenvalue weighted by atomic mass is 16.2. The molecule has 4 rings (SSSR count). The van der Waals surface area contributed by atoms with E-state index >= 15 is 0 Å². The first-order chi connectivity index (χ1) is 11.3. The van der Waals surface area contributed by atoms with Crippen molar-refractivity contribution in [3.63, 3.8) is 0 Å². The fourth-order valence-corrected chi connectivity index (χ4v) is 3.27. The van der Waals surface area contributed by atoms with E-state index in [9.17, 15) is 4.79 Å². The maximum absolute atomic E-state index is 12.9. The van der Waals surface area contributed by atoms with E-state index in [-0.39, 0.29) is 5.91 Å². The Hall–Kier alpha value is -2.68. The normalized spacial score (nSPS) is 17.0. The molecule has 0 N–H and O–H groups in total. The summed E-state index contributed by atoms with van der Waals surface area (Å²) in [7, 11) is 0. The van der Waals surface area contributed by atoms with Gasteiger partial charge in [0.1, 0.15) is 11.5 Å². The van der Waals surface area contributed by atoms with Crippen LogP contribution in [0.5, 0.6) is 0 Å². The summed E-state index contributed by atoms with van der Waals surface area (Å²) in [6, 6.07) is 20.1. The Kier molecular flexibility index (Phi) is 3.54. The molecule has 3 nitrogen and oxygen atoms in total. The Balaban J connectivity index is 1.92. The third-order valence-corrected chi connectivity index (χ3v) is 4.39. The highest BCUT2D eigenvalue weighted by Gasteiger charge is 2.34. The van der Waals surface area contributed by atoms with Gasteiger partial charge in [-0.1, -0.05) is 60.7 Å². The number of hydrogen-bond acceptors (Lipinski definition) is 2. The topological polar surface area (TPSA) is 32.7 Å². The number of nitrogens with zero attached hydrogens (tertiary/aromatic N) is 2. The van der Waals surface area contributed by atoms with E-state index in [1.807, 2.05) is 65.6 Å². The fourth-order valence-electron chi connectivity index (χ4n) is 3.27. The molecule has 0 bridgehead atoms. The van der Waals surface area contributed by atoms with Crippen LogP contribution in [0.3, 0.4) is 0 Å². The molecule has 0 spiro atoms. The van der Waals surface area contributed by atoms with E-state index in [1.165, 1.54) is 0 Å². The Morgan fingerprint density at radius 3 is 2.04 bits per heavy atom. The molecule has 0 saturated carbocycles. The molecule has 1 saturated heterocycles. The molecule has 0 radical (unpaired) electrons. The van der Waals surface area contributed by atoms with Crippen LogP contribution in [-0.2, 0) is 4.79 Å². The molecule has 1 fully saturated rings. The van der Waals surface area contributed by atoms with Crippen LogP contribution >= 0.6 is 0 Å². The lowest BCUT2D eigenvalue weighted by atomic mass is 9.95. The highest BCUT2D eigenvalue weighted by Crippen LogP contribution is 2.33. The molecule has 3 heteroatoms. The number of rotatable bonds is 2. The van der Waals surface area contributed by atoms with Gasteiger partial charge in [0, 0.05) is 18.5 Å². The van der Waals surface area contributed by atoms with Crippen molar-refractivity contribution >= 4 is 17.3 Å². The summed E-state index contributed by atoms with van der Waals surface area (Å²) < 4.78 is 0. The van der Waals surface area contributed by atoms with Gasteiger partial charge in [0.15, 0.2) is 0 Å². The maximum atomic E-state index is 12.9. The van der Waals surface area contributed by atoms with Crippen LogP contribution < -0.4 is 0 Å². The number of piperidine rings is 1. The van der Waals surface area contributed by atoms with Gasteiger partial charge in [-0.05, 0) is 24.0 Å². The number of amidine groups is 1. The average molecular weight is 302 g/mol. The van der Waals surface area contributed by atoms with E-state index in [1.54, 1.807) is 0 Å². The second kappa shape index (κ2) is 5.84. The van der Waals surface area contributed by atoms with Gasteiger partial charge in [0.25, 0.3) is 5.91 Å². The van der Waals surface area contributed by atoms with E-state index in [4.69, 9.17) is 4.99 Å². The minimum atomic E-state index is 0.0439. The number of aliphatic imine (C=N–C) groups is 1. The Morgan fingerprint density at radius 1 is 0.870 bits per heavy atom. The van der Waals surface area contributed by atoms with Crippen LogP contribution in [0.25, 0.3) is 5.57 Å². The van der Waals surface area contributed by atoms with Crippen molar-refractivity contribution in [2.75, 3.05) is 6.54 Å². The number of hydrogen-bond donors (Lipinski definition) is 0. The molecule has 114 valence electrons. The Bertz CT molecular complexity index is 749. The molecule has 0 unspecified atom stereocenters. The summed E-state index contributed by atoms with van der Waals surface area (Å²) in [4.78, 5) is 19.5. The van der Waals surface area contributed by atoms with E-state index in [0.29, 0.717) is 5.70 Å². The predicted octanol–water partition coefficient (Wildman–Crippen LogP) is 3.87. The maximum Gasteiger partial charge on any atom is 0.278 e. The summed E-state index contributed by atoms with van der Waals surface area (Å²) in [5.74, 6) is 0.975. The molecule has 2 aromatic rings. The zero-order valence-corrected chi connectivity index (χ0v) is 12.9. The van der Waals surface area contributed by atoms with Crippen molar-refractivity contribution < 1.29 is 4.79 Å². The number of carbonyl (C=O) groups excluding carboxylic acids is 1. The van der Waals surface area contributed by atoms with Gasteiger partial charge in [-0.15, -0.1) is 0 Å². The second-order valence-electron chi connectivity index (χ2n) is 5.90. The van der Waals surface area contributed by atoms with Gasteiger partial charge in [-0.2, -0.15) is 0 Å². The van der Waals surface area contributed by atoms with Crippen molar-refractivity contribution in [2.24, 2.45) is 4.99 Å². The summed E-state index contributed by atoms with van der Waals surface area (Å²) in [5.41, 5.74) is 3.58. The Morgan fingerprint density at radius 2 is 1.48 bits per heavy atom. The third-order valence-electron chi connectivity index (χ3n) is 4.39. The monoisotopic (exact) mass is 302 g/mol. The molecular weight excluding hydrogens is 284 g/mol. The lowest BCUT2D eigenvalue weighted by molar-refractivity contribution is -0.122. The largest absolute Gasteiger partial charge is 0.295 e. The minimum absolute atomic E-state index is 0.0439. The van der Waals surface area contributed by atoms with Crippen LogP contribution in [0.4, 0.5) is 0 Å². The van der Waals surface area contributed by atoms with Crippen molar-refractivity contribution in [3.05, 3.63) is 77.5 Å². The zero-order valence-electron chi connectivity index (χ0n) is 12.9. The molecule has 2 aromatic carbocycles. The average Bonchev–Trinajstić information content (AvgIpc) is 2.94. The SMILES string of the molecule is O=C1C(=C(c2ccccc2)c2ccccc2)N=C2CCCCN12. The highest BCUT2D eigenvalue weighted by molar-refractivity contribution is 6.17. The van der Waals surface area contributed by atoms with E-state index in [2.05, 4.69) is 0 Å². The van der Waals surface area contributed by atoms with Gasteiger partial charge in [-0.3, -0.25) is 9.69 Å². The predicted molar refractivity (Wildman–Crippen MR) is 91.9 cm³/mol. The van der Waals surface area contributed by atoms with Crippen LogP contribution in [0.1, 0.15) is 30.4 Å². The quantitative estimate of drug-likeness (QED) is 0.775. The molecule has 2 aliphatic heterocycles. The Labute approximate surface area is 136 Å². The lowest BCUT2D eigenvalue weighted by Gasteiger charge is -2.22. The number of benzene rings is 2. The van der Waals surface area contributed by atoms with Crippen LogP contribution in [-0.4, -0.2) is 23.2 Å². The minimum Gasteiger partial charge on any atom is -0.295 e. The van der Waals surface area contributed by atoms with Gasteiger partial charge in [0.2, 0.25) is 0 Å². The second-order valence-corrected chi connectivity index (χ2v) is 5.90. The first kappa shape index (κ1) is 13.9. The molecule has 2 aliphatic rings. The van der Waals surface area contributed by atoms with Crippen molar-refractivity contribution in [2.45, 2.75) is 19.3 Å². The van der Waals surface area contributed by atoms with Gasteiger partial charge >= 0.3 is 0 Å². The summed E-state index contributed by atoms with van der Waals surface area (Å²) in [6.07, 6.45) is 3.07. The van der Waals surface area contributed by atoms with Crippen LogP contribution in [0.2, 0.25) is 0 Å². The van der Waals surface area contributed by atoms with Crippen molar-refractivity contribution in [1.82, 2.24) is 4.90 Å². The zero-order chi connectivity index (χ0) is 15.6. The first-order valence-corrected chi connectivity index (χ1v) is 8.09. The summed E-state index contributed by atoms with van der Waals surface area (Å²) in [5, 5.41) is 0. The number of amides is 1. The molecule has 23 heavy (non-hydrogen) atoms. The molecular formula is C20H18N2O. The molecule has 1 amide bonds. The lowest BCUT2D eigenvalue weighted by Crippen LogP contribution is -2.36. The van der Waals surface area contributed by atoms with Crippen LogP contribution in [0, 0.1) is 0 Å². The van der Waals surface area contributed by atoms with Crippen molar-refractivity contribution in [1.29, 1.82) is 0 Å². The van der Waals surface area contributed by atoms with Gasteiger partial charge in [-0.25, -0.2) is 4.99 Å². The fraction of sp³-hybridized carbons (Fsp3) is 0.200. The smallest absolute Gasteiger partial charge is 0.278 e. The first-order valence-electron chi connectivity index (χ1n) is 8.09. The molecule has 0 atom stereocenters. The molecule has 2 heterocycles. The number of fused-ring (bicyclic) bond motifs is 1. The van der Waals surface area contributed by atoms with Gasteiger partial charge < -0.3 is 0 Å². The molecule has 0 aromatic heterocycles. The van der Waals surface area contributed by atoms with Crippen LogP contribution in [0.15, 0.2) is 71.4 Å². The third kappa shape index (κ3) is 2.48. The summed E-state index contributed by atoms with van der Waals surface area (Å²) >= 11 is 0. The van der Waals surface area contributed by atoms with E-state index < -0.39 is 0 Å².